The highest BCUT2D eigenvalue weighted by atomic mass is 16.3. The van der Waals surface area contributed by atoms with Gasteiger partial charge in [0.15, 0.2) is 0 Å². The molecular formula is C16H19N3O3. The number of nitrogens with one attached hydrogen (secondary N) is 2. The summed E-state index contributed by atoms with van der Waals surface area (Å²) in [6, 6.07) is 1.68. The zero-order valence-corrected chi connectivity index (χ0v) is 12.3. The smallest absolute Gasteiger partial charge is 0.256 e. The van der Waals surface area contributed by atoms with Crippen LogP contribution in [-0.2, 0) is 0 Å². The van der Waals surface area contributed by atoms with Gasteiger partial charge in [-0.05, 0) is 18.9 Å². The number of carbonyl (C=O) groups excluding carboxylic acids is 1. The van der Waals surface area contributed by atoms with Gasteiger partial charge in [0.1, 0.15) is 5.56 Å². The van der Waals surface area contributed by atoms with Crippen molar-refractivity contribution in [3.63, 3.8) is 0 Å². The summed E-state index contributed by atoms with van der Waals surface area (Å²) in [5, 5.41) is 13.5. The molecule has 1 saturated carbocycles. The van der Waals surface area contributed by atoms with Crippen LogP contribution in [0.15, 0.2) is 29.5 Å². The monoisotopic (exact) mass is 301 g/mol. The zero-order valence-electron chi connectivity index (χ0n) is 12.3. The molecular weight excluding hydrogens is 282 g/mol. The van der Waals surface area contributed by atoms with Crippen LogP contribution in [0.1, 0.15) is 42.5 Å². The fraction of sp³-hybridized carbons (Fsp3) is 0.438. The first kappa shape index (κ1) is 14.7. The maximum absolute atomic E-state index is 12.3. The lowest BCUT2D eigenvalue weighted by Crippen LogP contribution is -2.45. The van der Waals surface area contributed by atoms with Crippen molar-refractivity contribution in [1.82, 2.24) is 15.3 Å². The Kier molecular flexibility index (Phi) is 3.94. The Morgan fingerprint density at radius 3 is 2.91 bits per heavy atom. The van der Waals surface area contributed by atoms with Gasteiger partial charge in [0.05, 0.1) is 16.5 Å². The molecule has 3 rings (SSSR count). The van der Waals surface area contributed by atoms with E-state index < -0.39 is 11.5 Å². The SMILES string of the molecule is O=C(NCC1(O)CCCCC1)c1c[nH]c2ccncc2c1=O. The molecule has 3 N–H and O–H groups in total. The molecule has 0 spiro atoms. The van der Waals surface area contributed by atoms with E-state index in [0.29, 0.717) is 23.7 Å². The summed E-state index contributed by atoms with van der Waals surface area (Å²) in [5.41, 5.74) is -0.517. The minimum absolute atomic E-state index is 0.0416. The molecule has 0 aliphatic heterocycles. The molecule has 2 aromatic heterocycles. The number of amides is 1. The van der Waals surface area contributed by atoms with Gasteiger partial charge in [-0.1, -0.05) is 19.3 Å². The second-order valence-electron chi connectivity index (χ2n) is 5.92. The van der Waals surface area contributed by atoms with Crippen LogP contribution in [-0.4, -0.2) is 33.1 Å². The van der Waals surface area contributed by atoms with Crippen molar-refractivity contribution in [3.05, 3.63) is 40.4 Å². The topological polar surface area (TPSA) is 95.1 Å². The number of hydrogen-bond acceptors (Lipinski definition) is 4. The predicted octanol–water partition coefficient (Wildman–Crippen LogP) is 1.35. The summed E-state index contributed by atoms with van der Waals surface area (Å²) in [7, 11) is 0. The van der Waals surface area contributed by atoms with Gasteiger partial charge in [-0.15, -0.1) is 0 Å². The number of rotatable bonds is 3. The molecule has 22 heavy (non-hydrogen) atoms. The van der Waals surface area contributed by atoms with Crippen LogP contribution < -0.4 is 10.7 Å². The molecule has 0 saturated heterocycles. The van der Waals surface area contributed by atoms with Crippen LogP contribution in [0.25, 0.3) is 10.9 Å². The van der Waals surface area contributed by atoms with Crippen LogP contribution in [0.4, 0.5) is 0 Å². The molecule has 2 aromatic rings. The van der Waals surface area contributed by atoms with Gasteiger partial charge in [-0.2, -0.15) is 0 Å². The highest BCUT2D eigenvalue weighted by molar-refractivity contribution is 5.96. The van der Waals surface area contributed by atoms with Crippen LogP contribution in [0.3, 0.4) is 0 Å². The normalized spacial score (nSPS) is 17.3. The predicted molar refractivity (Wildman–Crippen MR) is 82.7 cm³/mol. The van der Waals surface area contributed by atoms with Crippen molar-refractivity contribution >= 4 is 16.8 Å². The molecule has 1 fully saturated rings. The fourth-order valence-electron chi connectivity index (χ4n) is 2.96. The highest BCUT2D eigenvalue weighted by Crippen LogP contribution is 2.27. The molecule has 116 valence electrons. The summed E-state index contributed by atoms with van der Waals surface area (Å²) in [6.45, 7) is 0.177. The van der Waals surface area contributed by atoms with Gasteiger partial charge in [0.25, 0.3) is 5.91 Å². The zero-order chi connectivity index (χ0) is 15.6. The van der Waals surface area contributed by atoms with E-state index in [4.69, 9.17) is 0 Å². The Morgan fingerprint density at radius 1 is 1.36 bits per heavy atom. The van der Waals surface area contributed by atoms with Crippen LogP contribution >= 0.6 is 0 Å². The van der Waals surface area contributed by atoms with Gasteiger partial charge in [0, 0.05) is 25.1 Å². The molecule has 6 nitrogen and oxygen atoms in total. The van der Waals surface area contributed by atoms with E-state index in [2.05, 4.69) is 15.3 Å². The summed E-state index contributed by atoms with van der Waals surface area (Å²) in [6.07, 6.45) is 8.86. The lowest BCUT2D eigenvalue weighted by molar-refractivity contribution is 0.00524. The molecule has 0 aromatic carbocycles. The maximum atomic E-state index is 12.3. The van der Waals surface area contributed by atoms with Crippen molar-refractivity contribution in [2.24, 2.45) is 0 Å². The van der Waals surface area contributed by atoms with Crippen molar-refractivity contribution in [3.8, 4) is 0 Å². The van der Waals surface area contributed by atoms with Crippen molar-refractivity contribution in [2.45, 2.75) is 37.7 Å². The van der Waals surface area contributed by atoms with Crippen LogP contribution in [0.5, 0.6) is 0 Å². The maximum Gasteiger partial charge on any atom is 0.256 e. The van der Waals surface area contributed by atoms with Gasteiger partial charge in [0.2, 0.25) is 5.43 Å². The number of hydrogen-bond donors (Lipinski definition) is 3. The Labute approximate surface area is 127 Å². The van der Waals surface area contributed by atoms with E-state index in [1.165, 1.54) is 12.4 Å². The first-order valence-electron chi connectivity index (χ1n) is 7.55. The number of H-pyrrole nitrogens is 1. The van der Waals surface area contributed by atoms with Gasteiger partial charge >= 0.3 is 0 Å². The number of carbonyl (C=O) groups is 1. The molecule has 0 radical (unpaired) electrons. The lowest BCUT2D eigenvalue weighted by atomic mass is 9.85. The average Bonchev–Trinajstić information content (AvgIpc) is 2.54. The van der Waals surface area contributed by atoms with Gasteiger partial charge in [-0.25, -0.2) is 0 Å². The molecule has 0 unspecified atom stereocenters. The number of aromatic amines is 1. The fourth-order valence-corrected chi connectivity index (χ4v) is 2.96. The first-order chi connectivity index (χ1) is 10.6. The summed E-state index contributed by atoms with van der Waals surface area (Å²) in [4.78, 5) is 31.4. The lowest BCUT2D eigenvalue weighted by Gasteiger charge is -2.32. The summed E-state index contributed by atoms with van der Waals surface area (Å²) in [5.74, 6) is -0.467. The summed E-state index contributed by atoms with van der Waals surface area (Å²) < 4.78 is 0. The molecule has 1 aliphatic carbocycles. The number of aliphatic hydroxyl groups is 1. The number of fused-ring (bicyclic) bond motifs is 1. The second-order valence-corrected chi connectivity index (χ2v) is 5.92. The third-order valence-electron chi connectivity index (χ3n) is 4.29. The van der Waals surface area contributed by atoms with Gasteiger partial charge < -0.3 is 15.4 Å². The minimum atomic E-state index is -0.848. The molecule has 1 aliphatic rings. The first-order valence-corrected chi connectivity index (χ1v) is 7.55. The third kappa shape index (κ3) is 2.87. The Balaban J connectivity index is 1.78. The molecule has 1 amide bonds. The second kappa shape index (κ2) is 5.88. The van der Waals surface area contributed by atoms with E-state index in [0.717, 1.165) is 19.3 Å². The van der Waals surface area contributed by atoms with Crippen LogP contribution in [0, 0.1) is 0 Å². The van der Waals surface area contributed by atoms with E-state index >= 15 is 0 Å². The average molecular weight is 301 g/mol. The highest BCUT2D eigenvalue weighted by Gasteiger charge is 2.29. The third-order valence-corrected chi connectivity index (χ3v) is 4.29. The van der Waals surface area contributed by atoms with E-state index in [9.17, 15) is 14.7 Å². The molecule has 0 bridgehead atoms. The Morgan fingerprint density at radius 2 is 2.14 bits per heavy atom. The van der Waals surface area contributed by atoms with E-state index in [1.807, 2.05) is 0 Å². The standard InChI is InChI=1S/C16H19N3O3/c20-14-11-8-17-7-4-13(11)18-9-12(14)15(21)19-10-16(22)5-2-1-3-6-16/h4,7-9,22H,1-3,5-6,10H2,(H,18,20)(H,19,21). The largest absolute Gasteiger partial charge is 0.388 e. The molecule has 2 heterocycles. The van der Waals surface area contributed by atoms with E-state index in [-0.39, 0.29) is 17.5 Å². The van der Waals surface area contributed by atoms with Crippen molar-refractivity contribution in [1.29, 1.82) is 0 Å². The number of aromatic nitrogens is 2. The van der Waals surface area contributed by atoms with Crippen LogP contribution in [0.2, 0.25) is 0 Å². The minimum Gasteiger partial charge on any atom is -0.388 e. The van der Waals surface area contributed by atoms with Crippen molar-refractivity contribution in [2.75, 3.05) is 6.54 Å². The molecule has 0 atom stereocenters. The Bertz CT molecular complexity index is 748. The van der Waals surface area contributed by atoms with Gasteiger partial charge in [-0.3, -0.25) is 14.6 Å². The summed E-state index contributed by atoms with van der Waals surface area (Å²) >= 11 is 0. The Hall–Kier alpha value is -2.21. The number of pyridine rings is 2. The van der Waals surface area contributed by atoms with Crippen molar-refractivity contribution < 1.29 is 9.90 Å². The number of nitrogens with zero attached hydrogens (tertiary/aromatic N) is 1. The van der Waals surface area contributed by atoms with E-state index in [1.54, 1.807) is 12.3 Å². The molecule has 6 heteroatoms. The quantitative estimate of drug-likeness (QED) is 0.797.